The molecule has 0 atom stereocenters. The van der Waals surface area contributed by atoms with Crippen LogP contribution in [0.1, 0.15) is 11.8 Å². The summed E-state index contributed by atoms with van der Waals surface area (Å²) in [5, 5.41) is 4.75. The second-order valence-corrected chi connectivity index (χ2v) is 5.59. The first-order chi connectivity index (χ1) is 8.51. The highest BCUT2D eigenvalue weighted by molar-refractivity contribution is 7.16. The highest BCUT2D eigenvalue weighted by atomic mass is 35.5. The Morgan fingerprint density at radius 2 is 2.17 bits per heavy atom. The Labute approximate surface area is 115 Å². The van der Waals surface area contributed by atoms with E-state index < -0.39 is 6.03 Å². The van der Waals surface area contributed by atoms with Gasteiger partial charge in [-0.2, -0.15) is 0 Å². The lowest BCUT2D eigenvalue weighted by Gasteiger charge is -2.14. The molecule has 0 unspecified atom stereocenters. The molecule has 0 spiro atoms. The predicted octanol–water partition coefficient (Wildman–Crippen LogP) is 1.68. The molecule has 1 rings (SSSR count). The van der Waals surface area contributed by atoms with Crippen LogP contribution in [0.4, 0.5) is 4.79 Å². The van der Waals surface area contributed by atoms with Crippen LogP contribution in [0.2, 0.25) is 4.34 Å². The number of carbonyl (C=O) groups excluding carboxylic acids is 2. The van der Waals surface area contributed by atoms with E-state index in [1.54, 1.807) is 6.92 Å². The standard InChI is InChI=1S/C11H16ClN3O2S/c1-3-13-11(17)14-10(16)7-15(2)6-8-4-5-9(12)18-8/h4-5H,3,6-7H2,1-2H3,(H2,13,14,16,17). The van der Waals surface area contributed by atoms with Gasteiger partial charge in [0.05, 0.1) is 10.9 Å². The molecule has 0 aliphatic carbocycles. The molecule has 7 heteroatoms. The first kappa shape index (κ1) is 14.9. The van der Waals surface area contributed by atoms with Crippen molar-refractivity contribution in [3.05, 3.63) is 21.3 Å². The molecule has 0 aromatic carbocycles. The zero-order valence-corrected chi connectivity index (χ0v) is 11.9. The van der Waals surface area contributed by atoms with Crippen molar-refractivity contribution < 1.29 is 9.59 Å². The number of nitrogens with one attached hydrogen (secondary N) is 2. The van der Waals surface area contributed by atoms with E-state index in [0.717, 1.165) is 9.21 Å². The summed E-state index contributed by atoms with van der Waals surface area (Å²) in [5.74, 6) is -0.328. The minimum absolute atomic E-state index is 0.159. The van der Waals surface area contributed by atoms with Gasteiger partial charge < -0.3 is 5.32 Å². The predicted molar refractivity (Wildman–Crippen MR) is 72.9 cm³/mol. The molecule has 0 fully saturated rings. The van der Waals surface area contributed by atoms with Crippen LogP contribution in [-0.4, -0.2) is 37.0 Å². The third-order valence-corrected chi connectivity index (χ3v) is 3.27. The summed E-state index contributed by atoms with van der Waals surface area (Å²) in [4.78, 5) is 25.5. The lowest BCUT2D eigenvalue weighted by molar-refractivity contribution is -0.120. The van der Waals surface area contributed by atoms with Crippen LogP contribution in [0.15, 0.2) is 12.1 Å². The summed E-state index contributed by atoms with van der Waals surface area (Å²) < 4.78 is 0.727. The fraction of sp³-hybridized carbons (Fsp3) is 0.455. The van der Waals surface area contributed by atoms with Crippen molar-refractivity contribution in [1.29, 1.82) is 0 Å². The van der Waals surface area contributed by atoms with E-state index in [4.69, 9.17) is 11.6 Å². The second-order valence-electron chi connectivity index (χ2n) is 3.79. The fourth-order valence-electron chi connectivity index (χ4n) is 1.37. The third kappa shape index (κ3) is 5.48. The summed E-state index contributed by atoms with van der Waals surface area (Å²) in [5.41, 5.74) is 0. The van der Waals surface area contributed by atoms with E-state index in [-0.39, 0.29) is 12.5 Å². The quantitative estimate of drug-likeness (QED) is 0.867. The lowest BCUT2D eigenvalue weighted by Crippen LogP contribution is -2.43. The van der Waals surface area contributed by atoms with E-state index in [1.165, 1.54) is 11.3 Å². The van der Waals surface area contributed by atoms with Gasteiger partial charge in [-0.15, -0.1) is 11.3 Å². The molecule has 100 valence electrons. The average Bonchev–Trinajstić information content (AvgIpc) is 2.63. The molecular weight excluding hydrogens is 274 g/mol. The van der Waals surface area contributed by atoms with Crippen molar-refractivity contribution in [1.82, 2.24) is 15.5 Å². The van der Waals surface area contributed by atoms with Gasteiger partial charge in [0.2, 0.25) is 5.91 Å². The number of urea groups is 1. The summed E-state index contributed by atoms with van der Waals surface area (Å²) in [6.45, 7) is 3.06. The van der Waals surface area contributed by atoms with Gasteiger partial charge in [-0.25, -0.2) is 4.79 Å². The number of nitrogens with zero attached hydrogens (tertiary/aromatic N) is 1. The van der Waals surface area contributed by atoms with Gasteiger partial charge in [0, 0.05) is 18.0 Å². The lowest BCUT2D eigenvalue weighted by atomic mass is 10.4. The smallest absolute Gasteiger partial charge is 0.321 e. The van der Waals surface area contributed by atoms with E-state index in [2.05, 4.69) is 10.6 Å². The van der Waals surface area contributed by atoms with Crippen LogP contribution >= 0.6 is 22.9 Å². The number of hydrogen-bond acceptors (Lipinski definition) is 4. The molecule has 1 heterocycles. The molecule has 1 aromatic heterocycles. The molecule has 0 radical (unpaired) electrons. The van der Waals surface area contributed by atoms with E-state index >= 15 is 0 Å². The molecule has 0 aliphatic heterocycles. The normalized spacial score (nSPS) is 10.4. The number of imide groups is 1. The van der Waals surface area contributed by atoms with Crippen molar-refractivity contribution in [3.8, 4) is 0 Å². The molecule has 1 aromatic rings. The molecular formula is C11H16ClN3O2S. The molecule has 3 amide bonds. The van der Waals surface area contributed by atoms with E-state index in [1.807, 2.05) is 24.1 Å². The molecule has 5 nitrogen and oxygen atoms in total. The van der Waals surface area contributed by atoms with Gasteiger partial charge in [0.1, 0.15) is 0 Å². The summed E-state index contributed by atoms with van der Waals surface area (Å²) in [7, 11) is 1.81. The van der Waals surface area contributed by atoms with Crippen molar-refractivity contribution in [2.75, 3.05) is 20.1 Å². The Balaban J connectivity index is 2.33. The average molecular weight is 290 g/mol. The SMILES string of the molecule is CCNC(=O)NC(=O)CN(C)Cc1ccc(Cl)s1. The zero-order chi connectivity index (χ0) is 13.5. The maximum absolute atomic E-state index is 11.5. The minimum Gasteiger partial charge on any atom is -0.338 e. The van der Waals surface area contributed by atoms with Crippen molar-refractivity contribution in [2.45, 2.75) is 13.5 Å². The second kappa shape index (κ2) is 7.35. The van der Waals surface area contributed by atoms with Gasteiger partial charge in [0.15, 0.2) is 0 Å². The molecule has 2 N–H and O–H groups in total. The topological polar surface area (TPSA) is 61.4 Å². The molecule has 0 bridgehead atoms. The van der Waals surface area contributed by atoms with Crippen LogP contribution < -0.4 is 10.6 Å². The van der Waals surface area contributed by atoms with Crippen molar-refractivity contribution >= 4 is 34.9 Å². The Morgan fingerprint density at radius 3 is 2.72 bits per heavy atom. The fourth-order valence-corrected chi connectivity index (χ4v) is 2.54. The number of carbonyl (C=O) groups is 2. The van der Waals surface area contributed by atoms with Gasteiger partial charge in [0.25, 0.3) is 0 Å². The van der Waals surface area contributed by atoms with Crippen LogP contribution in [0.25, 0.3) is 0 Å². The highest BCUT2D eigenvalue weighted by Gasteiger charge is 2.10. The monoisotopic (exact) mass is 289 g/mol. The first-order valence-electron chi connectivity index (χ1n) is 5.51. The summed E-state index contributed by atoms with van der Waals surface area (Å²) in [6, 6.07) is 3.28. The Morgan fingerprint density at radius 1 is 1.44 bits per heavy atom. The first-order valence-corrected chi connectivity index (χ1v) is 6.71. The Hall–Kier alpha value is -1.11. The van der Waals surface area contributed by atoms with Crippen molar-refractivity contribution in [2.24, 2.45) is 0 Å². The number of rotatable bonds is 5. The minimum atomic E-state index is -0.463. The summed E-state index contributed by atoms with van der Waals surface area (Å²) in [6.07, 6.45) is 0. The number of halogens is 1. The Kier molecular flexibility index (Phi) is 6.11. The van der Waals surface area contributed by atoms with Crippen LogP contribution in [0.3, 0.4) is 0 Å². The molecule has 0 saturated carbocycles. The number of amides is 3. The van der Waals surface area contributed by atoms with E-state index in [9.17, 15) is 9.59 Å². The largest absolute Gasteiger partial charge is 0.338 e. The summed E-state index contributed by atoms with van der Waals surface area (Å²) >= 11 is 7.30. The molecule has 0 aliphatic rings. The number of likely N-dealkylation sites (N-methyl/N-ethyl adjacent to an activating group) is 1. The zero-order valence-electron chi connectivity index (χ0n) is 10.3. The van der Waals surface area contributed by atoms with Gasteiger partial charge in [-0.05, 0) is 26.1 Å². The van der Waals surface area contributed by atoms with Gasteiger partial charge in [-0.3, -0.25) is 15.0 Å². The maximum atomic E-state index is 11.5. The third-order valence-electron chi connectivity index (χ3n) is 2.06. The van der Waals surface area contributed by atoms with Crippen LogP contribution in [0, 0.1) is 0 Å². The van der Waals surface area contributed by atoms with Crippen molar-refractivity contribution in [3.63, 3.8) is 0 Å². The maximum Gasteiger partial charge on any atom is 0.321 e. The molecule has 18 heavy (non-hydrogen) atoms. The molecule has 0 saturated heterocycles. The number of thiophene rings is 1. The van der Waals surface area contributed by atoms with Crippen LogP contribution in [0.5, 0.6) is 0 Å². The van der Waals surface area contributed by atoms with E-state index in [0.29, 0.717) is 13.1 Å². The Bertz CT molecular complexity index is 422. The highest BCUT2D eigenvalue weighted by Crippen LogP contribution is 2.22. The van der Waals surface area contributed by atoms with Gasteiger partial charge in [-0.1, -0.05) is 11.6 Å². The van der Waals surface area contributed by atoms with Gasteiger partial charge >= 0.3 is 6.03 Å². The number of hydrogen-bond donors (Lipinski definition) is 2. The van der Waals surface area contributed by atoms with Crippen LogP contribution in [-0.2, 0) is 11.3 Å².